The Morgan fingerprint density at radius 2 is 2.20 bits per heavy atom. The zero-order valence-electron chi connectivity index (χ0n) is 9.14. The van der Waals surface area contributed by atoms with Gasteiger partial charge in [0.1, 0.15) is 0 Å². The van der Waals surface area contributed by atoms with Gasteiger partial charge in [-0.05, 0) is 13.3 Å². The lowest BCUT2D eigenvalue weighted by molar-refractivity contribution is -0.133. The summed E-state index contributed by atoms with van der Waals surface area (Å²) in [5, 5.41) is 0. The zero-order valence-corrected chi connectivity index (χ0v) is 9.96. The molecule has 1 heterocycles. The average molecular weight is 234 g/mol. The first-order valence-electron chi connectivity index (χ1n) is 5.03. The monoisotopic (exact) mass is 234 g/mol. The van der Waals surface area contributed by atoms with Crippen molar-refractivity contribution < 1.29 is 13.2 Å². The highest BCUT2D eigenvalue weighted by Gasteiger charge is 2.34. The summed E-state index contributed by atoms with van der Waals surface area (Å²) in [7, 11) is -1.32. The number of nitrogens with zero attached hydrogens (tertiary/aromatic N) is 1. The number of rotatable bonds is 3. The fourth-order valence-corrected chi connectivity index (χ4v) is 3.56. The lowest BCUT2D eigenvalue weighted by atomic mass is 10.1. The first-order chi connectivity index (χ1) is 6.82. The van der Waals surface area contributed by atoms with Gasteiger partial charge in [0.25, 0.3) is 0 Å². The fraction of sp³-hybridized carbons (Fsp3) is 0.889. The molecule has 1 rings (SSSR count). The van der Waals surface area contributed by atoms with Gasteiger partial charge in [-0.15, -0.1) is 0 Å². The number of likely N-dealkylation sites (N-methyl/N-ethyl adjacent to an activating group) is 1. The summed E-state index contributed by atoms with van der Waals surface area (Å²) in [6.07, 6.45) is 0.449. The van der Waals surface area contributed by atoms with Gasteiger partial charge < -0.3 is 10.6 Å². The maximum atomic E-state index is 11.8. The number of sulfone groups is 1. The Bertz CT molecular complexity index is 337. The van der Waals surface area contributed by atoms with E-state index in [1.807, 2.05) is 6.92 Å². The van der Waals surface area contributed by atoms with Crippen LogP contribution in [0.3, 0.4) is 0 Å². The number of nitrogens with two attached hydrogens (primary N) is 1. The predicted octanol–water partition coefficient (Wildman–Crippen LogP) is -0.773. The summed E-state index contributed by atoms with van der Waals surface area (Å²) >= 11 is 0. The van der Waals surface area contributed by atoms with E-state index in [1.54, 1.807) is 7.05 Å². The standard InChI is InChI=1S/C9H18N2O3S/c1-7(10)5-11(2)9(12)8-3-4-15(13,14)6-8/h7-8H,3-6,10H2,1-2H3. The summed E-state index contributed by atoms with van der Waals surface area (Å²) in [5.41, 5.74) is 5.57. The Morgan fingerprint density at radius 3 is 2.60 bits per heavy atom. The molecule has 1 aliphatic heterocycles. The van der Waals surface area contributed by atoms with Crippen LogP contribution >= 0.6 is 0 Å². The summed E-state index contributed by atoms with van der Waals surface area (Å²) in [4.78, 5) is 13.3. The van der Waals surface area contributed by atoms with Crippen LogP contribution in [0.2, 0.25) is 0 Å². The number of carbonyl (C=O) groups is 1. The molecule has 15 heavy (non-hydrogen) atoms. The van der Waals surface area contributed by atoms with Crippen LogP contribution in [-0.2, 0) is 14.6 Å². The van der Waals surface area contributed by atoms with Crippen molar-refractivity contribution in [1.82, 2.24) is 4.90 Å². The predicted molar refractivity (Wildman–Crippen MR) is 58.0 cm³/mol. The third-order valence-corrected chi connectivity index (χ3v) is 4.29. The van der Waals surface area contributed by atoms with Gasteiger partial charge in [-0.25, -0.2) is 8.42 Å². The van der Waals surface area contributed by atoms with Gasteiger partial charge in [0, 0.05) is 19.6 Å². The smallest absolute Gasteiger partial charge is 0.226 e. The lowest BCUT2D eigenvalue weighted by Gasteiger charge is -2.22. The van der Waals surface area contributed by atoms with E-state index in [9.17, 15) is 13.2 Å². The molecule has 88 valence electrons. The molecule has 5 nitrogen and oxygen atoms in total. The molecule has 2 atom stereocenters. The second kappa shape index (κ2) is 4.49. The molecular weight excluding hydrogens is 216 g/mol. The van der Waals surface area contributed by atoms with Crippen molar-refractivity contribution in [2.24, 2.45) is 11.7 Å². The zero-order chi connectivity index (χ0) is 11.6. The number of hydrogen-bond donors (Lipinski definition) is 1. The third-order valence-electron chi connectivity index (χ3n) is 2.52. The van der Waals surface area contributed by atoms with Crippen LogP contribution < -0.4 is 5.73 Å². The second-order valence-electron chi connectivity index (χ2n) is 4.30. The minimum atomic E-state index is -2.98. The topological polar surface area (TPSA) is 80.5 Å². The van der Waals surface area contributed by atoms with Crippen LogP contribution in [0.5, 0.6) is 0 Å². The summed E-state index contributed by atoms with van der Waals surface area (Å²) in [6, 6.07) is -0.0861. The Morgan fingerprint density at radius 1 is 1.60 bits per heavy atom. The van der Waals surface area contributed by atoms with Gasteiger partial charge in [0.05, 0.1) is 17.4 Å². The van der Waals surface area contributed by atoms with Gasteiger partial charge in [-0.3, -0.25) is 4.79 Å². The highest BCUT2D eigenvalue weighted by atomic mass is 32.2. The SMILES string of the molecule is CC(N)CN(C)C(=O)C1CCS(=O)(=O)C1. The first-order valence-corrected chi connectivity index (χ1v) is 6.85. The molecule has 0 aromatic carbocycles. The first kappa shape index (κ1) is 12.4. The molecular formula is C9H18N2O3S. The Hall–Kier alpha value is -0.620. The number of hydrogen-bond acceptors (Lipinski definition) is 4. The van der Waals surface area contributed by atoms with Crippen molar-refractivity contribution >= 4 is 15.7 Å². The Kier molecular flexibility index (Phi) is 3.72. The lowest BCUT2D eigenvalue weighted by Crippen LogP contribution is -2.40. The highest BCUT2D eigenvalue weighted by molar-refractivity contribution is 7.91. The molecule has 0 spiro atoms. The molecule has 2 N–H and O–H groups in total. The summed E-state index contributed by atoms with van der Waals surface area (Å²) in [6.45, 7) is 2.28. The van der Waals surface area contributed by atoms with Crippen molar-refractivity contribution in [2.75, 3.05) is 25.1 Å². The molecule has 1 aliphatic rings. The van der Waals surface area contributed by atoms with E-state index < -0.39 is 9.84 Å². The van der Waals surface area contributed by atoms with Gasteiger partial charge in [0.2, 0.25) is 5.91 Å². The molecule has 2 unspecified atom stereocenters. The quantitative estimate of drug-likeness (QED) is 0.695. The Labute approximate surface area is 90.5 Å². The fourth-order valence-electron chi connectivity index (χ4n) is 1.82. The molecule has 1 fully saturated rings. The van der Waals surface area contributed by atoms with E-state index >= 15 is 0 Å². The average Bonchev–Trinajstić information content (AvgIpc) is 2.43. The van der Waals surface area contributed by atoms with E-state index in [1.165, 1.54) is 4.90 Å². The van der Waals surface area contributed by atoms with E-state index in [0.29, 0.717) is 13.0 Å². The highest BCUT2D eigenvalue weighted by Crippen LogP contribution is 2.20. The third kappa shape index (κ3) is 3.46. The Balaban J connectivity index is 2.55. The molecule has 0 radical (unpaired) electrons. The normalized spacial score (nSPS) is 26.2. The molecule has 0 saturated carbocycles. The van der Waals surface area contributed by atoms with Crippen LogP contribution in [0, 0.1) is 5.92 Å². The maximum Gasteiger partial charge on any atom is 0.226 e. The van der Waals surface area contributed by atoms with Crippen molar-refractivity contribution in [3.05, 3.63) is 0 Å². The maximum absolute atomic E-state index is 11.8. The molecule has 0 aromatic heterocycles. The van der Waals surface area contributed by atoms with Gasteiger partial charge in [-0.2, -0.15) is 0 Å². The van der Waals surface area contributed by atoms with Crippen LogP contribution in [0.4, 0.5) is 0 Å². The summed E-state index contributed by atoms with van der Waals surface area (Å²) in [5.74, 6) is -0.336. The molecule has 1 saturated heterocycles. The van der Waals surface area contributed by atoms with Crippen molar-refractivity contribution in [2.45, 2.75) is 19.4 Å². The molecule has 1 amide bonds. The molecule has 0 aliphatic carbocycles. The molecule has 0 aromatic rings. The van der Waals surface area contributed by atoms with Crippen molar-refractivity contribution in [3.63, 3.8) is 0 Å². The number of carbonyl (C=O) groups excluding carboxylic acids is 1. The van der Waals surface area contributed by atoms with E-state index in [2.05, 4.69) is 0 Å². The second-order valence-corrected chi connectivity index (χ2v) is 6.52. The molecule has 0 bridgehead atoms. The van der Waals surface area contributed by atoms with Gasteiger partial charge in [0.15, 0.2) is 9.84 Å². The van der Waals surface area contributed by atoms with Crippen molar-refractivity contribution in [3.8, 4) is 0 Å². The van der Waals surface area contributed by atoms with Gasteiger partial charge in [-0.1, -0.05) is 0 Å². The van der Waals surface area contributed by atoms with Crippen LogP contribution in [-0.4, -0.2) is 50.4 Å². The minimum absolute atomic E-state index is 0.00484. The van der Waals surface area contributed by atoms with E-state index in [0.717, 1.165) is 0 Å². The minimum Gasteiger partial charge on any atom is -0.344 e. The largest absolute Gasteiger partial charge is 0.344 e. The van der Waals surface area contributed by atoms with Gasteiger partial charge >= 0.3 is 0 Å². The van der Waals surface area contributed by atoms with E-state index in [4.69, 9.17) is 5.73 Å². The molecule has 6 heteroatoms. The van der Waals surface area contributed by atoms with E-state index in [-0.39, 0.29) is 29.4 Å². The van der Waals surface area contributed by atoms with Crippen LogP contribution in [0.15, 0.2) is 0 Å². The van der Waals surface area contributed by atoms with Crippen LogP contribution in [0.25, 0.3) is 0 Å². The summed E-state index contributed by atoms with van der Waals surface area (Å²) < 4.78 is 22.4. The van der Waals surface area contributed by atoms with Crippen molar-refractivity contribution in [1.29, 1.82) is 0 Å². The van der Waals surface area contributed by atoms with Crippen LogP contribution in [0.1, 0.15) is 13.3 Å². The number of amides is 1.